The number of ether oxygens (including phenoxy) is 2. The topological polar surface area (TPSA) is 114 Å². The van der Waals surface area contributed by atoms with Crippen LogP contribution in [0.2, 0.25) is 0 Å². The van der Waals surface area contributed by atoms with Crippen LogP contribution in [0.1, 0.15) is 68.6 Å². The molecule has 5 saturated carbocycles. The normalized spacial score (nSPS) is 35.7. The second-order valence-corrected chi connectivity index (χ2v) is 12.6. The molecule has 1 aromatic rings. The van der Waals surface area contributed by atoms with Gasteiger partial charge in [-0.05, 0) is 80.1 Å². The molecule has 5 fully saturated rings. The predicted octanol–water partition coefficient (Wildman–Crippen LogP) is 3.77. The number of carboxylic acid groups (broad SMARTS) is 1. The summed E-state index contributed by atoms with van der Waals surface area (Å²) >= 11 is 0. The number of fused-ring (bicyclic) bond motifs is 3. The lowest BCUT2D eigenvalue weighted by molar-refractivity contribution is -0.139. The van der Waals surface area contributed by atoms with Gasteiger partial charge in [0.1, 0.15) is 5.75 Å². The molecule has 5 aliphatic carbocycles. The lowest BCUT2D eigenvalue weighted by atomic mass is 9.70. The number of benzene rings is 1. The van der Waals surface area contributed by atoms with E-state index in [1.165, 1.54) is 19.6 Å². The number of nitrogens with one attached hydrogen (secondary N) is 2. The van der Waals surface area contributed by atoms with Crippen LogP contribution in [0, 0.1) is 46.7 Å². The van der Waals surface area contributed by atoms with Crippen LogP contribution in [0.25, 0.3) is 0 Å². The van der Waals surface area contributed by atoms with Gasteiger partial charge in [0, 0.05) is 18.7 Å². The van der Waals surface area contributed by atoms with Crippen molar-refractivity contribution in [3.05, 3.63) is 23.5 Å². The molecule has 9 heteroatoms. The molecular formula is C29H37FN2O6. The Morgan fingerprint density at radius 1 is 1.05 bits per heavy atom. The number of aliphatic carboxylic acids is 1. The molecule has 38 heavy (non-hydrogen) atoms. The van der Waals surface area contributed by atoms with E-state index >= 15 is 0 Å². The average molecular weight is 529 g/mol. The molecule has 0 saturated heterocycles. The van der Waals surface area contributed by atoms with Gasteiger partial charge in [-0.3, -0.25) is 14.4 Å². The number of hydrogen-bond donors (Lipinski definition) is 3. The summed E-state index contributed by atoms with van der Waals surface area (Å²) in [6.45, 7) is 2.87. The van der Waals surface area contributed by atoms with Gasteiger partial charge in [-0.25, -0.2) is 4.39 Å². The van der Waals surface area contributed by atoms with Gasteiger partial charge in [-0.2, -0.15) is 0 Å². The number of methoxy groups -OCH3 is 1. The maximum atomic E-state index is 14.9. The number of carboxylic acids is 1. The van der Waals surface area contributed by atoms with Crippen molar-refractivity contribution in [3.8, 4) is 11.5 Å². The Kier molecular flexibility index (Phi) is 6.30. The van der Waals surface area contributed by atoms with Gasteiger partial charge in [0.25, 0.3) is 5.91 Å². The molecule has 0 radical (unpaired) electrons. The molecule has 206 valence electrons. The van der Waals surface area contributed by atoms with Crippen molar-refractivity contribution in [2.75, 3.05) is 13.7 Å². The zero-order chi connectivity index (χ0) is 26.8. The molecule has 5 aliphatic rings. The third-order valence-corrected chi connectivity index (χ3v) is 10.2. The highest BCUT2D eigenvalue weighted by atomic mass is 19.1. The summed E-state index contributed by atoms with van der Waals surface area (Å²) in [5.41, 5.74) is 0.345. The van der Waals surface area contributed by atoms with Crippen LogP contribution in [0.15, 0.2) is 12.1 Å². The quantitative estimate of drug-likeness (QED) is 0.450. The van der Waals surface area contributed by atoms with Crippen LogP contribution < -0.4 is 20.1 Å². The number of amides is 2. The smallest absolute Gasteiger partial charge is 0.307 e. The first-order valence-corrected chi connectivity index (χ1v) is 14.0. The van der Waals surface area contributed by atoms with Crippen molar-refractivity contribution < 1.29 is 33.4 Å². The molecule has 8 atom stereocenters. The van der Waals surface area contributed by atoms with E-state index in [0.717, 1.165) is 38.2 Å². The van der Waals surface area contributed by atoms with Crippen LogP contribution >= 0.6 is 0 Å². The van der Waals surface area contributed by atoms with Gasteiger partial charge in [0.05, 0.1) is 30.6 Å². The van der Waals surface area contributed by atoms with E-state index in [0.29, 0.717) is 19.4 Å². The Hall–Kier alpha value is -2.84. The Morgan fingerprint density at radius 3 is 2.39 bits per heavy atom. The maximum absolute atomic E-state index is 14.9. The number of hydrogen-bond acceptors (Lipinski definition) is 5. The Morgan fingerprint density at radius 2 is 1.76 bits per heavy atom. The Balaban J connectivity index is 1.15. The molecule has 0 aliphatic heterocycles. The minimum absolute atomic E-state index is 0.0187. The second kappa shape index (κ2) is 9.42. The summed E-state index contributed by atoms with van der Waals surface area (Å²) in [7, 11) is 1.39. The van der Waals surface area contributed by atoms with Crippen molar-refractivity contribution in [3.63, 3.8) is 0 Å². The fourth-order valence-corrected chi connectivity index (χ4v) is 7.89. The zero-order valence-electron chi connectivity index (χ0n) is 22.0. The third-order valence-electron chi connectivity index (χ3n) is 10.2. The lowest BCUT2D eigenvalue weighted by Gasteiger charge is -2.39. The van der Waals surface area contributed by atoms with Gasteiger partial charge >= 0.3 is 5.97 Å². The summed E-state index contributed by atoms with van der Waals surface area (Å²) in [5, 5.41) is 15.5. The highest BCUT2D eigenvalue weighted by molar-refractivity contribution is 5.98. The van der Waals surface area contributed by atoms with Crippen LogP contribution in [0.5, 0.6) is 11.5 Å². The highest BCUT2D eigenvalue weighted by Crippen LogP contribution is 2.58. The minimum Gasteiger partial charge on any atom is -0.496 e. The van der Waals surface area contributed by atoms with Crippen LogP contribution in [-0.4, -0.2) is 48.7 Å². The van der Waals surface area contributed by atoms with Crippen molar-refractivity contribution >= 4 is 17.8 Å². The van der Waals surface area contributed by atoms with E-state index in [1.807, 2.05) is 0 Å². The monoisotopic (exact) mass is 528 g/mol. The maximum Gasteiger partial charge on any atom is 0.307 e. The average Bonchev–Trinajstić information content (AvgIpc) is 3.21. The van der Waals surface area contributed by atoms with Gasteiger partial charge in [-0.1, -0.05) is 13.3 Å². The first kappa shape index (κ1) is 25.4. The predicted molar refractivity (Wildman–Crippen MR) is 135 cm³/mol. The van der Waals surface area contributed by atoms with Crippen molar-refractivity contribution in [2.45, 2.75) is 70.4 Å². The molecular weight excluding hydrogens is 491 g/mol. The standard InChI is InChI=1S/C29H37FN2O6/c1-29(6-3-7-29)13-31-27(34)23-14-4-5-15(8-14)25(23)32-26(33)19-11-22(20(30)12-21(19)37-2)38-16-9-17-18(10-16)24(17)28(35)36/h11-12,14-18,23-25H,3-10,13H2,1-2H3,(H,31,34)(H,32,33)(H,35,36)/t14-,15+,16-,17+,18-,23+,24-,25-/m1/s1. The molecule has 0 heterocycles. The number of carbonyl (C=O) groups is 3. The summed E-state index contributed by atoms with van der Waals surface area (Å²) in [6.07, 6.45) is 7.21. The molecule has 0 spiro atoms. The molecule has 2 amide bonds. The second-order valence-electron chi connectivity index (χ2n) is 12.6. The molecule has 1 aromatic carbocycles. The van der Waals surface area contributed by atoms with E-state index < -0.39 is 17.7 Å². The van der Waals surface area contributed by atoms with Gasteiger partial charge < -0.3 is 25.2 Å². The summed E-state index contributed by atoms with van der Waals surface area (Å²) in [5.74, 6) is -1.66. The fraction of sp³-hybridized carbons (Fsp3) is 0.690. The van der Waals surface area contributed by atoms with Crippen molar-refractivity contribution in [2.24, 2.45) is 40.9 Å². The van der Waals surface area contributed by atoms with E-state index in [9.17, 15) is 23.9 Å². The van der Waals surface area contributed by atoms with Crippen LogP contribution in [-0.2, 0) is 9.59 Å². The SMILES string of the molecule is COc1cc(F)c(O[C@H]2C[C@@H]3[C@H](C2)[C@H]3C(=O)O)cc1C(=O)N[C@@H]1[C@H]2CC[C@H](C2)[C@@H]1C(=O)NCC1(C)CCC1. The van der Waals surface area contributed by atoms with Crippen LogP contribution in [0.3, 0.4) is 0 Å². The molecule has 3 N–H and O–H groups in total. The Labute approximate surface area is 222 Å². The fourth-order valence-electron chi connectivity index (χ4n) is 7.89. The molecule has 0 unspecified atom stereocenters. The molecule has 8 nitrogen and oxygen atoms in total. The van der Waals surface area contributed by atoms with Gasteiger partial charge in [0.2, 0.25) is 5.91 Å². The molecule has 0 aromatic heterocycles. The van der Waals surface area contributed by atoms with Gasteiger partial charge in [-0.15, -0.1) is 0 Å². The van der Waals surface area contributed by atoms with E-state index in [2.05, 4.69) is 17.6 Å². The van der Waals surface area contributed by atoms with E-state index in [-0.39, 0.29) is 76.0 Å². The first-order valence-electron chi connectivity index (χ1n) is 14.0. The highest BCUT2D eigenvalue weighted by Gasteiger charge is 2.60. The summed E-state index contributed by atoms with van der Waals surface area (Å²) in [6, 6.07) is 2.26. The summed E-state index contributed by atoms with van der Waals surface area (Å²) < 4.78 is 26.1. The first-order chi connectivity index (χ1) is 18.2. The Bertz CT molecular complexity index is 1140. The zero-order valence-corrected chi connectivity index (χ0v) is 22.0. The lowest BCUT2D eigenvalue weighted by Crippen LogP contribution is -2.51. The van der Waals surface area contributed by atoms with Crippen LogP contribution in [0.4, 0.5) is 4.39 Å². The van der Waals surface area contributed by atoms with Crippen molar-refractivity contribution in [1.29, 1.82) is 0 Å². The molecule has 2 bridgehead atoms. The number of halogens is 1. The third kappa shape index (κ3) is 4.41. The molecule has 6 rings (SSSR count). The van der Waals surface area contributed by atoms with E-state index in [1.54, 1.807) is 0 Å². The minimum atomic E-state index is -0.780. The van der Waals surface area contributed by atoms with E-state index in [4.69, 9.17) is 9.47 Å². The number of rotatable bonds is 9. The van der Waals surface area contributed by atoms with Gasteiger partial charge in [0.15, 0.2) is 11.6 Å². The summed E-state index contributed by atoms with van der Waals surface area (Å²) in [4.78, 5) is 38.0. The van der Waals surface area contributed by atoms with Crippen molar-refractivity contribution in [1.82, 2.24) is 10.6 Å². The largest absolute Gasteiger partial charge is 0.496 e. The number of carbonyl (C=O) groups excluding carboxylic acids is 2.